The molecule has 0 bridgehead atoms. The summed E-state index contributed by atoms with van der Waals surface area (Å²) < 4.78 is 39.6. The molecule has 0 aromatic rings. The van der Waals surface area contributed by atoms with Gasteiger partial charge < -0.3 is 29.6 Å². The fourth-order valence-corrected chi connectivity index (χ4v) is 2.22. The molecule has 2 unspecified atom stereocenters. The van der Waals surface area contributed by atoms with Crippen LogP contribution in [0.3, 0.4) is 0 Å². The Morgan fingerprint density at radius 3 is 2.50 bits per heavy atom. The number of nitrogens with two attached hydrogens (primary N) is 1. The zero-order chi connectivity index (χ0) is 19.7. The molecule has 0 heterocycles. The van der Waals surface area contributed by atoms with Crippen LogP contribution in [-0.2, 0) is 46.9 Å². The molecule has 0 aromatic heterocycles. The summed E-state index contributed by atoms with van der Waals surface area (Å²) in [6, 6.07) is 0. The van der Waals surface area contributed by atoms with E-state index in [-0.39, 0.29) is 52.2 Å². The maximum absolute atomic E-state index is 11.6. The third kappa shape index (κ3) is 14.8. The van der Waals surface area contributed by atoms with Crippen molar-refractivity contribution in [3.05, 3.63) is 0 Å². The van der Waals surface area contributed by atoms with Crippen molar-refractivity contribution in [1.82, 2.24) is 0 Å². The van der Waals surface area contributed by atoms with Gasteiger partial charge in [-0.1, -0.05) is 0 Å². The lowest BCUT2D eigenvalue weighted by Crippen LogP contribution is -2.24. The fraction of sp³-hybridized carbons (Fsp3) is 0.769. The van der Waals surface area contributed by atoms with Crippen LogP contribution < -0.4 is 5.73 Å². The lowest BCUT2D eigenvalue weighted by Gasteiger charge is -2.16. The highest BCUT2D eigenvalue weighted by Gasteiger charge is 2.24. The second-order valence-electron chi connectivity index (χ2n) is 4.61. The molecule has 0 aliphatic carbocycles. The summed E-state index contributed by atoms with van der Waals surface area (Å²) >= 11 is 0. The van der Waals surface area contributed by atoms with Crippen molar-refractivity contribution in [3.63, 3.8) is 0 Å². The molecule has 2 atom stereocenters. The standard InChI is InChI=1S/C13H24NO11P/c14-3-5-20-6-7-22-13(17)2-1-4-24-26(18,19)25-9-12(23-11-16)8-21-10-15/h10-12H,1-9,14H2,(H,18,19). The molecule has 152 valence electrons. The van der Waals surface area contributed by atoms with Crippen LogP contribution in [0, 0.1) is 0 Å². The Kier molecular flexibility index (Phi) is 14.7. The smallest absolute Gasteiger partial charge is 0.464 e. The van der Waals surface area contributed by atoms with Crippen LogP contribution in [0.15, 0.2) is 0 Å². The van der Waals surface area contributed by atoms with E-state index in [4.69, 9.17) is 15.2 Å². The highest BCUT2D eigenvalue weighted by atomic mass is 31.2. The molecule has 0 aliphatic rings. The molecule has 3 N–H and O–H groups in total. The van der Waals surface area contributed by atoms with Gasteiger partial charge in [0.1, 0.15) is 13.2 Å². The number of carbonyl (C=O) groups is 3. The first-order valence-electron chi connectivity index (χ1n) is 7.64. The minimum absolute atomic E-state index is 0.0268. The molecule has 0 aliphatic heterocycles. The van der Waals surface area contributed by atoms with Gasteiger partial charge in [-0.2, -0.15) is 0 Å². The molecular weight excluding hydrogens is 377 g/mol. The topological polar surface area (TPSA) is 170 Å². The van der Waals surface area contributed by atoms with Crippen LogP contribution in [0.25, 0.3) is 0 Å². The fourth-order valence-electron chi connectivity index (χ4n) is 1.43. The van der Waals surface area contributed by atoms with Crippen LogP contribution >= 0.6 is 7.82 Å². The monoisotopic (exact) mass is 401 g/mol. The van der Waals surface area contributed by atoms with Crippen LogP contribution in [0.1, 0.15) is 12.8 Å². The second-order valence-corrected chi connectivity index (χ2v) is 6.06. The summed E-state index contributed by atoms with van der Waals surface area (Å²) in [6.45, 7) is 0.166. The maximum atomic E-state index is 11.6. The number of phosphoric ester groups is 1. The highest BCUT2D eigenvalue weighted by molar-refractivity contribution is 7.47. The largest absolute Gasteiger partial charge is 0.472 e. The first-order valence-corrected chi connectivity index (χ1v) is 9.14. The highest BCUT2D eigenvalue weighted by Crippen LogP contribution is 2.43. The van der Waals surface area contributed by atoms with E-state index in [2.05, 4.69) is 18.5 Å². The molecule has 0 radical (unpaired) electrons. The number of rotatable bonds is 18. The third-order valence-corrected chi connectivity index (χ3v) is 3.54. The number of ether oxygens (including phenoxy) is 4. The Hall–Kier alpha value is -1.56. The SMILES string of the molecule is NCCOCCOC(=O)CCCOP(=O)(O)OCC(COC=O)OC=O. The molecule has 0 rings (SSSR count). The van der Waals surface area contributed by atoms with Crippen molar-refractivity contribution < 1.29 is 51.8 Å². The van der Waals surface area contributed by atoms with E-state index in [1.807, 2.05) is 0 Å². The number of carbonyl (C=O) groups excluding carboxylic acids is 3. The van der Waals surface area contributed by atoms with Gasteiger partial charge in [0.15, 0.2) is 6.10 Å². The van der Waals surface area contributed by atoms with E-state index in [1.165, 1.54) is 0 Å². The Labute approximate surface area is 150 Å². The zero-order valence-corrected chi connectivity index (χ0v) is 15.0. The predicted octanol–water partition coefficient (Wildman–Crippen LogP) is -0.867. The molecule has 26 heavy (non-hydrogen) atoms. The first-order chi connectivity index (χ1) is 12.4. The van der Waals surface area contributed by atoms with Gasteiger partial charge in [0.2, 0.25) is 0 Å². The normalized spacial score (nSPS) is 14.1. The Bertz CT molecular complexity index is 448. The van der Waals surface area contributed by atoms with Gasteiger partial charge in [-0.3, -0.25) is 23.4 Å². The molecule has 0 spiro atoms. The molecule has 13 heteroatoms. The van der Waals surface area contributed by atoms with Gasteiger partial charge in [-0.05, 0) is 6.42 Å². The zero-order valence-electron chi connectivity index (χ0n) is 14.2. The van der Waals surface area contributed by atoms with Crippen LogP contribution in [0.4, 0.5) is 0 Å². The summed E-state index contributed by atoms with van der Waals surface area (Å²) in [5.74, 6) is -0.510. The van der Waals surface area contributed by atoms with E-state index in [1.54, 1.807) is 0 Å². The van der Waals surface area contributed by atoms with Gasteiger partial charge >= 0.3 is 13.8 Å². The number of esters is 1. The minimum Gasteiger partial charge on any atom is -0.464 e. The Morgan fingerprint density at radius 2 is 1.85 bits per heavy atom. The van der Waals surface area contributed by atoms with E-state index in [0.717, 1.165) is 0 Å². The van der Waals surface area contributed by atoms with Crippen molar-refractivity contribution in [2.75, 3.05) is 46.2 Å². The quantitative estimate of drug-likeness (QED) is 0.0958. The third-order valence-electron chi connectivity index (χ3n) is 2.55. The van der Waals surface area contributed by atoms with Crippen LogP contribution in [-0.4, -0.2) is 76.1 Å². The molecule has 0 fully saturated rings. The van der Waals surface area contributed by atoms with Crippen molar-refractivity contribution in [2.45, 2.75) is 18.9 Å². The van der Waals surface area contributed by atoms with Crippen molar-refractivity contribution in [1.29, 1.82) is 0 Å². The van der Waals surface area contributed by atoms with Crippen molar-refractivity contribution >= 4 is 26.7 Å². The predicted molar refractivity (Wildman–Crippen MR) is 84.7 cm³/mol. The van der Waals surface area contributed by atoms with E-state index < -0.39 is 26.5 Å². The van der Waals surface area contributed by atoms with Gasteiger partial charge in [0.05, 0.1) is 26.4 Å². The molecule has 0 saturated heterocycles. The maximum Gasteiger partial charge on any atom is 0.472 e. The lowest BCUT2D eigenvalue weighted by molar-refractivity contribution is -0.145. The molecule has 12 nitrogen and oxygen atoms in total. The number of phosphoric acid groups is 1. The average Bonchev–Trinajstić information content (AvgIpc) is 2.61. The first kappa shape index (κ1) is 24.4. The molecule has 0 aromatic carbocycles. The Morgan fingerprint density at radius 1 is 1.08 bits per heavy atom. The van der Waals surface area contributed by atoms with Gasteiger partial charge in [-0.25, -0.2) is 4.57 Å². The van der Waals surface area contributed by atoms with Crippen molar-refractivity contribution in [3.8, 4) is 0 Å². The second kappa shape index (κ2) is 15.7. The molecule has 0 amide bonds. The summed E-state index contributed by atoms with van der Waals surface area (Å²) in [5, 5.41) is 0. The van der Waals surface area contributed by atoms with Crippen molar-refractivity contribution in [2.24, 2.45) is 5.73 Å². The minimum atomic E-state index is -4.42. The number of hydrogen-bond acceptors (Lipinski definition) is 11. The number of hydrogen-bond donors (Lipinski definition) is 2. The van der Waals surface area contributed by atoms with Gasteiger partial charge in [-0.15, -0.1) is 0 Å². The summed E-state index contributed by atoms with van der Waals surface area (Å²) in [4.78, 5) is 41.2. The Balaban J connectivity index is 3.87. The summed E-state index contributed by atoms with van der Waals surface area (Å²) in [7, 11) is -4.42. The lowest BCUT2D eigenvalue weighted by atomic mass is 10.3. The van der Waals surface area contributed by atoms with Gasteiger partial charge in [0, 0.05) is 13.0 Å². The van der Waals surface area contributed by atoms with Crippen LogP contribution in [0.5, 0.6) is 0 Å². The average molecular weight is 401 g/mol. The van der Waals surface area contributed by atoms with Crippen LogP contribution in [0.2, 0.25) is 0 Å². The van der Waals surface area contributed by atoms with Gasteiger partial charge in [0.25, 0.3) is 12.9 Å². The van der Waals surface area contributed by atoms with E-state index in [9.17, 15) is 23.8 Å². The summed E-state index contributed by atoms with van der Waals surface area (Å²) in [5.41, 5.74) is 5.22. The summed E-state index contributed by atoms with van der Waals surface area (Å²) in [6.07, 6.45) is -0.960. The van der Waals surface area contributed by atoms with E-state index >= 15 is 0 Å². The van der Waals surface area contributed by atoms with E-state index in [0.29, 0.717) is 13.2 Å². The molecule has 0 saturated carbocycles. The molecular formula is C13H24NO11P.